The average Bonchev–Trinajstić information content (AvgIpc) is 3.06. The van der Waals surface area contributed by atoms with Crippen molar-refractivity contribution in [1.29, 1.82) is 0 Å². The second-order valence-corrected chi connectivity index (χ2v) is 6.29. The third kappa shape index (κ3) is 3.06. The van der Waals surface area contributed by atoms with Crippen LogP contribution in [0.3, 0.4) is 0 Å². The maximum atomic E-state index is 6.36. The fourth-order valence-electron chi connectivity index (χ4n) is 3.05. The first-order valence-corrected chi connectivity index (χ1v) is 8.60. The fourth-order valence-corrected chi connectivity index (χ4v) is 3.26. The van der Waals surface area contributed by atoms with Crippen molar-refractivity contribution in [2.24, 2.45) is 0 Å². The van der Waals surface area contributed by atoms with Crippen LogP contribution in [-0.4, -0.2) is 53.0 Å². The summed E-state index contributed by atoms with van der Waals surface area (Å²) < 4.78 is 7.02. The van der Waals surface area contributed by atoms with E-state index in [4.69, 9.17) is 21.3 Å². The molecule has 0 unspecified atom stereocenters. The number of halogens is 1. The van der Waals surface area contributed by atoms with Crippen molar-refractivity contribution in [1.82, 2.24) is 25.1 Å². The first-order chi connectivity index (χ1) is 12.3. The van der Waals surface area contributed by atoms with Crippen LogP contribution in [0.25, 0.3) is 16.7 Å². The third-order valence-corrected chi connectivity index (χ3v) is 4.54. The van der Waals surface area contributed by atoms with Crippen LogP contribution in [0.2, 0.25) is 5.02 Å². The van der Waals surface area contributed by atoms with Gasteiger partial charge >= 0.3 is 0 Å². The lowest BCUT2D eigenvalue weighted by Gasteiger charge is -2.29. The van der Waals surface area contributed by atoms with Gasteiger partial charge in [0, 0.05) is 33.3 Å². The number of benzene rings is 1. The van der Waals surface area contributed by atoms with E-state index in [9.17, 15) is 0 Å². The Hall–Kier alpha value is -2.22. The molecule has 4 rings (SSSR count). The van der Waals surface area contributed by atoms with Crippen molar-refractivity contribution in [3.8, 4) is 5.69 Å². The Kier molecular flexibility index (Phi) is 4.52. The van der Waals surface area contributed by atoms with Crippen LogP contribution in [-0.2, 0) is 11.3 Å². The van der Waals surface area contributed by atoms with Crippen LogP contribution >= 0.6 is 11.6 Å². The topological polar surface area (TPSA) is 68.1 Å². The average molecular weight is 359 g/mol. The number of hydrogen-bond donors (Lipinski definition) is 1. The van der Waals surface area contributed by atoms with E-state index in [1.54, 1.807) is 11.8 Å². The maximum Gasteiger partial charge on any atom is 0.168 e. The molecule has 8 heteroatoms. The minimum atomic E-state index is 0.350. The summed E-state index contributed by atoms with van der Waals surface area (Å²) in [5, 5.41) is 9.44. The molecule has 1 saturated heterocycles. The summed E-state index contributed by atoms with van der Waals surface area (Å²) in [4.78, 5) is 11.6. The van der Waals surface area contributed by atoms with E-state index in [-0.39, 0.29) is 0 Å². The smallest absolute Gasteiger partial charge is 0.168 e. The number of fused-ring (bicyclic) bond motifs is 1. The van der Waals surface area contributed by atoms with Crippen molar-refractivity contribution in [3.05, 3.63) is 41.3 Å². The van der Waals surface area contributed by atoms with Gasteiger partial charge in [-0.1, -0.05) is 23.7 Å². The zero-order chi connectivity index (χ0) is 17.2. The molecule has 0 atom stereocenters. The Morgan fingerprint density at radius 2 is 2.00 bits per heavy atom. The lowest BCUT2D eigenvalue weighted by molar-refractivity contribution is 0.178. The summed E-state index contributed by atoms with van der Waals surface area (Å²) in [5.74, 6) is 1.54. The van der Waals surface area contributed by atoms with Crippen LogP contribution in [0.5, 0.6) is 0 Å². The summed E-state index contributed by atoms with van der Waals surface area (Å²) in [6.07, 6.45) is 1.81. The summed E-state index contributed by atoms with van der Waals surface area (Å²) in [6.45, 7) is 4.02. The third-order valence-electron chi connectivity index (χ3n) is 4.23. The molecule has 7 nitrogen and oxygen atoms in total. The van der Waals surface area contributed by atoms with Crippen molar-refractivity contribution in [2.45, 2.75) is 6.61 Å². The molecule has 0 saturated carbocycles. The van der Waals surface area contributed by atoms with E-state index in [1.807, 2.05) is 30.5 Å². The molecule has 3 heterocycles. The number of para-hydroxylation sites is 1. The molecule has 1 aliphatic rings. The first kappa shape index (κ1) is 16.3. The molecule has 0 aliphatic carbocycles. The lowest BCUT2D eigenvalue weighted by atomic mass is 10.3. The number of nitrogens with one attached hydrogen (secondary N) is 1. The maximum absolute atomic E-state index is 6.36. The molecule has 0 radical (unpaired) electrons. The number of rotatable bonds is 4. The van der Waals surface area contributed by atoms with Gasteiger partial charge in [0.25, 0.3) is 0 Å². The van der Waals surface area contributed by atoms with Gasteiger partial charge < -0.3 is 15.0 Å². The second-order valence-electron chi connectivity index (χ2n) is 5.88. The number of nitrogens with zero attached hydrogens (tertiary/aromatic N) is 5. The summed E-state index contributed by atoms with van der Waals surface area (Å²) in [5.41, 5.74) is 1.54. The Bertz CT molecular complexity index is 890. The molecule has 0 amide bonds. The number of methoxy groups -OCH3 is 1. The molecule has 3 aromatic rings. The van der Waals surface area contributed by atoms with Gasteiger partial charge in [0.15, 0.2) is 11.5 Å². The van der Waals surface area contributed by atoms with Crippen LogP contribution in [0.15, 0.2) is 30.5 Å². The number of hydrogen-bond acceptors (Lipinski definition) is 6. The highest BCUT2D eigenvalue weighted by Gasteiger charge is 2.20. The minimum Gasteiger partial charge on any atom is -0.377 e. The minimum absolute atomic E-state index is 0.350. The molecule has 25 heavy (non-hydrogen) atoms. The second kappa shape index (κ2) is 6.95. The molecule has 1 N–H and O–H groups in total. The number of aromatic nitrogens is 4. The van der Waals surface area contributed by atoms with E-state index in [2.05, 4.69) is 20.3 Å². The molecular formula is C17H19ClN6O. The quantitative estimate of drug-likeness (QED) is 0.769. The van der Waals surface area contributed by atoms with Crippen LogP contribution < -0.4 is 10.2 Å². The monoisotopic (exact) mass is 358 g/mol. The first-order valence-electron chi connectivity index (χ1n) is 8.22. The fraction of sp³-hybridized carbons (Fsp3) is 0.353. The predicted molar refractivity (Wildman–Crippen MR) is 97.5 cm³/mol. The van der Waals surface area contributed by atoms with Gasteiger partial charge in [-0.05, 0) is 12.1 Å². The molecule has 0 spiro atoms. The lowest BCUT2D eigenvalue weighted by Crippen LogP contribution is -2.44. The zero-order valence-corrected chi connectivity index (χ0v) is 14.7. The van der Waals surface area contributed by atoms with Crippen molar-refractivity contribution in [2.75, 3.05) is 38.2 Å². The van der Waals surface area contributed by atoms with Crippen molar-refractivity contribution < 1.29 is 4.74 Å². The Labute approximate surface area is 150 Å². The molecule has 0 bridgehead atoms. The summed E-state index contributed by atoms with van der Waals surface area (Å²) >= 11 is 6.36. The Morgan fingerprint density at radius 3 is 2.76 bits per heavy atom. The molecule has 2 aromatic heterocycles. The van der Waals surface area contributed by atoms with Gasteiger partial charge in [-0.25, -0.2) is 14.6 Å². The SMILES string of the molecule is COCc1nc(N2CCNCC2)c2cnn(-c3ccccc3Cl)c2n1. The summed E-state index contributed by atoms with van der Waals surface area (Å²) in [6, 6.07) is 7.61. The number of anilines is 1. The highest BCUT2D eigenvalue weighted by atomic mass is 35.5. The van der Waals surface area contributed by atoms with E-state index >= 15 is 0 Å². The van der Waals surface area contributed by atoms with Crippen molar-refractivity contribution >= 4 is 28.5 Å². The molecular weight excluding hydrogens is 340 g/mol. The molecule has 130 valence electrons. The number of ether oxygens (including phenoxy) is 1. The van der Waals surface area contributed by atoms with Gasteiger partial charge in [0.1, 0.15) is 12.4 Å². The van der Waals surface area contributed by atoms with Gasteiger partial charge in [0.2, 0.25) is 0 Å². The Balaban J connectivity index is 1.89. The van der Waals surface area contributed by atoms with Crippen LogP contribution in [0.4, 0.5) is 5.82 Å². The van der Waals surface area contributed by atoms with E-state index in [1.165, 1.54) is 0 Å². The van der Waals surface area contributed by atoms with E-state index in [0.717, 1.165) is 48.7 Å². The van der Waals surface area contributed by atoms with E-state index < -0.39 is 0 Å². The standard InChI is InChI=1S/C17H19ClN6O/c1-25-11-15-21-16(23-8-6-19-7-9-23)12-10-20-24(17(12)22-15)14-5-3-2-4-13(14)18/h2-5,10,19H,6-9,11H2,1H3. The molecule has 1 aromatic carbocycles. The summed E-state index contributed by atoms with van der Waals surface area (Å²) in [7, 11) is 1.64. The highest BCUT2D eigenvalue weighted by molar-refractivity contribution is 6.32. The van der Waals surface area contributed by atoms with Gasteiger partial charge in [-0.15, -0.1) is 0 Å². The van der Waals surface area contributed by atoms with Crippen molar-refractivity contribution in [3.63, 3.8) is 0 Å². The zero-order valence-electron chi connectivity index (χ0n) is 13.9. The highest BCUT2D eigenvalue weighted by Crippen LogP contribution is 2.28. The normalized spacial score (nSPS) is 15.0. The largest absolute Gasteiger partial charge is 0.377 e. The van der Waals surface area contributed by atoms with Gasteiger partial charge in [0.05, 0.1) is 22.3 Å². The molecule has 1 aliphatic heterocycles. The van der Waals surface area contributed by atoms with E-state index in [0.29, 0.717) is 17.5 Å². The van der Waals surface area contributed by atoms with Crippen LogP contribution in [0.1, 0.15) is 5.82 Å². The number of piperazine rings is 1. The molecule has 1 fully saturated rings. The van der Waals surface area contributed by atoms with Crippen LogP contribution in [0, 0.1) is 0 Å². The Morgan fingerprint density at radius 1 is 1.20 bits per heavy atom. The van der Waals surface area contributed by atoms with Gasteiger partial charge in [-0.3, -0.25) is 0 Å². The predicted octanol–water partition coefficient (Wildman–Crippen LogP) is 2.02. The van der Waals surface area contributed by atoms with Gasteiger partial charge in [-0.2, -0.15) is 5.10 Å².